The van der Waals surface area contributed by atoms with E-state index >= 15 is 0 Å². The van der Waals surface area contributed by atoms with Gasteiger partial charge in [0.1, 0.15) is 0 Å². The number of nitrogens with zero attached hydrogens (tertiary/aromatic N) is 1. The molecule has 18 heavy (non-hydrogen) atoms. The Morgan fingerprint density at radius 1 is 1.06 bits per heavy atom. The van der Waals surface area contributed by atoms with Crippen LogP contribution in [0.1, 0.15) is 72.1 Å². The number of amides is 1. The average Bonchev–Trinajstić information content (AvgIpc) is 2.35. The monoisotopic (exact) mass is 253 g/mol. The summed E-state index contributed by atoms with van der Waals surface area (Å²) < 4.78 is 0. The molecular weight excluding hydrogens is 222 g/mol. The second-order valence-electron chi connectivity index (χ2n) is 5.30. The minimum atomic E-state index is 0.0629. The molecule has 106 valence electrons. The molecule has 0 aliphatic heterocycles. The number of carbonyl (C=O) groups is 1. The first-order valence-corrected chi connectivity index (χ1v) is 7.56. The van der Waals surface area contributed by atoms with E-state index in [4.69, 9.17) is 0 Å². The van der Waals surface area contributed by atoms with E-state index in [-0.39, 0.29) is 11.9 Å². The molecule has 0 aromatic heterocycles. The van der Waals surface area contributed by atoms with Crippen molar-refractivity contribution < 1.29 is 4.79 Å². The van der Waals surface area contributed by atoms with Gasteiger partial charge in [-0.05, 0) is 26.3 Å². The van der Waals surface area contributed by atoms with Crippen molar-refractivity contribution in [3.05, 3.63) is 12.7 Å². The van der Waals surface area contributed by atoms with Gasteiger partial charge in [-0.2, -0.15) is 0 Å². The van der Waals surface area contributed by atoms with Crippen LogP contribution in [0, 0.1) is 0 Å². The molecule has 0 atom stereocenters. The van der Waals surface area contributed by atoms with Crippen LogP contribution in [0.2, 0.25) is 0 Å². The quantitative estimate of drug-likeness (QED) is 0.391. The van der Waals surface area contributed by atoms with Crippen LogP contribution >= 0.6 is 0 Å². The molecule has 0 saturated heterocycles. The van der Waals surface area contributed by atoms with E-state index in [1.165, 1.54) is 51.0 Å². The summed E-state index contributed by atoms with van der Waals surface area (Å²) in [5, 5.41) is 0. The van der Waals surface area contributed by atoms with Crippen LogP contribution in [0.25, 0.3) is 0 Å². The SMILES string of the molecule is C=CC(=O)N(CCCCCCCCCC)C(C)C. The van der Waals surface area contributed by atoms with E-state index < -0.39 is 0 Å². The smallest absolute Gasteiger partial charge is 0.246 e. The first-order chi connectivity index (χ1) is 8.63. The Labute approximate surface area is 113 Å². The molecule has 0 aliphatic rings. The van der Waals surface area contributed by atoms with E-state index in [1.54, 1.807) is 0 Å². The van der Waals surface area contributed by atoms with Crippen LogP contribution in [-0.2, 0) is 4.79 Å². The molecule has 0 rings (SSSR count). The van der Waals surface area contributed by atoms with Gasteiger partial charge in [-0.3, -0.25) is 4.79 Å². The zero-order chi connectivity index (χ0) is 13.8. The Balaban J connectivity index is 3.56. The topological polar surface area (TPSA) is 20.3 Å². The fourth-order valence-electron chi connectivity index (χ4n) is 2.16. The average molecular weight is 253 g/mol. The molecule has 0 unspecified atom stereocenters. The highest BCUT2D eigenvalue weighted by molar-refractivity contribution is 5.87. The lowest BCUT2D eigenvalue weighted by atomic mass is 10.1. The molecule has 0 aliphatic carbocycles. The first-order valence-electron chi connectivity index (χ1n) is 7.56. The molecule has 0 saturated carbocycles. The van der Waals surface area contributed by atoms with Crippen molar-refractivity contribution in [2.24, 2.45) is 0 Å². The summed E-state index contributed by atoms with van der Waals surface area (Å²) >= 11 is 0. The number of unbranched alkanes of at least 4 members (excludes halogenated alkanes) is 7. The van der Waals surface area contributed by atoms with Crippen LogP contribution in [0.3, 0.4) is 0 Å². The number of hydrogen-bond acceptors (Lipinski definition) is 1. The van der Waals surface area contributed by atoms with Gasteiger partial charge in [0.2, 0.25) is 5.91 Å². The molecule has 1 amide bonds. The zero-order valence-electron chi connectivity index (χ0n) is 12.6. The number of carbonyl (C=O) groups excluding carboxylic acids is 1. The second-order valence-corrected chi connectivity index (χ2v) is 5.30. The minimum Gasteiger partial charge on any atom is -0.337 e. The van der Waals surface area contributed by atoms with Gasteiger partial charge in [0.05, 0.1) is 0 Å². The highest BCUT2D eigenvalue weighted by atomic mass is 16.2. The van der Waals surface area contributed by atoms with Crippen LogP contribution in [0.4, 0.5) is 0 Å². The third-order valence-corrected chi connectivity index (χ3v) is 3.33. The van der Waals surface area contributed by atoms with Gasteiger partial charge in [-0.25, -0.2) is 0 Å². The Hall–Kier alpha value is -0.790. The zero-order valence-corrected chi connectivity index (χ0v) is 12.6. The maximum atomic E-state index is 11.6. The largest absolute Gasteiger partial charge is 0.337 e. The normalized spacial score (nSPS) is 10.7. The molecule has 0 bridgehead atoms. The van der Waals surface area contributed by atoms with E-state index in [0.29, 0.717) is 0 Å². The van der Waals surface area contributed by atoms with Crippen molar-refractivity contribution in [3.63, 3.8) is 0 Å². The molecular formula is C16H31NO. The van der Waals surface area contributed by atoms with E-state index in [1.807, 2.05) is 4.90 Å². The Morgan fingerprint density at radius 2 is 1.56 bits per heavy atom. The van der Waals surface area contributed by atoms with Crippen molar-refractivity contribution in [2.45, 2.75) is 78.2 Å². The van der Waals surface area contributed by atoms with Gasteiger partial charge >= 0.3 is 0 Å². The third kappa shape index (κ3) is 8.32. The summed E-state index contributed by atoms with van der Waals surface area (Å²) in [5.74, 6) is 0.0629. The van der Waals surface area contributed by atoms with E-state index in [0.717, 1.165) is 13.0 Å². The standard InChI is InChI=1S/C16H31NO/c1-5-7-8-9-10-11-12-13-14-17(15(3)4)16(18)6-2/h6,15H,2,5,7-14H2,1,3-4H3. The fourth-order valence-corrected chi connectivity index (χ4v) is 2.16. The molecule has 0 aromatic carbocycles. The van der Waals surface area contributed by atoms with Crippen LogP contribution in [-0.4, -0.2) is 23.4 Å². The molecule has 0 fully saturated rings. The lowest BCUT2D eigenvalue weighted by Crippen LogP contribution is -2.36. The van der Waals surface area contributed by atoms with Gasteiger partial charge in [0.15, 0.2) is 0 Å². The maximum absolute atomic E-state index is 11.6. The number of hydrogen-bond donors (Lipinski definition) is 0. The molecule has 0 heterocycles. The molecule has 2 heteroatoms. The van der Waals surface area contributed by atoms with Crippen LogP contribution in [0.15, 0.2) is 12.7 Å². The van der Waals surface area contributed by atoms with Gasteiger partial charge in [-0.1, -0.05) is 58.4 Å². The Bertz CT molecular complexity index is 223. The summed E-state index contributed by atoms with van der Waals surface area (Å²) in [6.07, 6.45) is 11.9. The summed E-state index contributed by atoms with van der Waals surface area (Å²) in [6.45, 7) is 10.8. The first kappa shape index (κ1) is 17.2. The molecule has 0 N–H and O–H groups in total. The molecule has 2 nitrogen and oxygen atoms in total. The van der Waals surface area contributed by atoms with Crippen molar-refractivity contribution in [3.8, 4) is 0 Å². The summed E-state index contributed by atoms with van der Waals surface area (Å²) in [5.41, 5.74) is 0. The summed E-state index contributed by atoms with van der Waals surface area (Å²) in [4.78, 5) is 13.5. The second kappa shape index (κ2) is 11.3. The van der Waals surface area contributed by atoms with Gasteiger partial charge in [0.25, 0.3) is 0 Å². The fraction of sp³-hybridized carbons (Fsp3) is 0.812. The Kier molecular flexibility index (Phi) is 10.8. The van der Waals surface area contributed by atoms with Crippen LogP contribution in [0.5, 0.6) is 0 Å². The lowest BCUT2D eigenvalue weighted by Gasteiger charge is -2.25. The predicted octanol–water partition coefficient (Wildman–Crippen LogP) is 4.55. The minimum absolute atomic E-state index is 0.0629. The van der Waals surface area contributed by atoms with Gasteiger partial charge in [0, 0.05) is 12.6 Å². The van der Waals surface area contributed by atoms with Crippen molar-refractivity contribution in [1.29, 1.82) is 0 Å². The van der Waals surface area contributed by atoms with Crippen molar-refractivity contribution in [2.75, 3.05) is 6.54 Å². The van der Waals surface area contributed by atoms with Crippen LogP contribution < -0.4 is 0 Å². The molecule has 0 spiro atoms. The van der Waals surface area contributed by atoms with E-state index in [2.05, 4.69) is 27.4 Å². The summed E-state index contributed by atoms with van der Waals surface area (Å²) in [6, 6.07) is 0.278. The van der Waals surface area contributed by atoms with Crippen molar-refractivity contribution >= 4 is 5.91 Å². The highest BCUT2D eigenvalue weighted by Gasteiger charge is 2.12. The highest BCUT2D eigenvalue weighted by Crippen LogP contribution is 2.10. The maximum Gasteiger partial charge on any atom is 0.246 e. The summed E-state index contributed by atoms with van der Waals surface area (Å²) in [7, 11) is 0. The molecule has 0 radical (unpaired) electrons. The van der Waals surface area contributed by atoms with E-state index in [9.17, 15) is 4.79 Å². The number of rotatable bonds is 11. The third-order valence-electron chi connectivity index (χ3n) is 3.33. The van der Waals surface area contributed by atoms with Gasteiger partial charge in [-0.15, -0.1) is 0 Å². The predicted molar refractivity (Wildman–Crippen MR) is 79.7 cm³/mol. The Morgan fingerprint density at radius 3 is 2.00 bits per heavy atom. The van der Waals surface area contributed by atoms with Gasteiger partial charge < -0.3 is 4.90 Å². The lowest BCUT2D eigenvalue weighted by molar-refractivity contribution is -0.127. The van der Waals surface area contributed by atoms with Crippen molar-refractivity contribution in [1.82, 2.24) is 4.90 Å². The molecule has 0 aromatic rings.